The van der Waals surface area contributed by atoms with Crippen LogP contribution in [0.4, 0.5) is 13.2 Å². The van der Waals surface area contributed by atoms with E-state index in [2.05, 4.69) is 4.72 Å². The third-order valence-electron chi connectivity index (χ3n) is 3.21. The summed E-state index contributed by atoms with van der Waals surface area (Å²) in [6, 6.07) is 6.08. The smallest absolute Gasteiger partial charge is 0.241 e. The predicted octanol–water partition coefficient (Wildman–Crippen LogP) is 2.50. The Hall–Kier alpha value is -1.90. The van der Waals surface area contributed by atoms with Crippen LogP contribution in [-0.4, -0.2) is 19.6 Å². The molecule has 2 rings (SSSR count). The molecule has 2 atom stereocenters. The Kier molecular flexibility index (Phi) is 5.08. The average molecular weight is 345 g/mol. The number of halogens is 3. The molecule has 0 aliphatic heterocycles. The topological polar surface area (TPSA) is 66.4 Å². The van der Waals surface area contributed by atoms with E-state index in [0.29, 0.717) is 0 Å². The van der Waals surface area contributed by atoms with Crippen molar-refractivity contribution in [2.24, 2.45) is 0 Å². The molecule has 124 valence electrons. The summed E-state index contributed by atoms with van der Waals surface area (Å²) < 4.78 is 65.6. The van der Waals surface area contributed by atoms with Crippen molar-refractivity contribution in [2.45, 2.75) is 24.0 Å². The second-order valence-corrected chi connectivity index (χ2v) is 6.70. The maximum atomic E-state index is 13.2. The quantitative estimate of drug-likeness (QED) is 0.875. The Labute approximate surface area is 131 Å². The molecule has 0 bridgehead atoms. The summed E-state index contributed by atoms with van der Waals surface area (Å²) in [5.41, 5.74) is 0.0124. The van der Waals surface area contributed by atoms with Crippen LogP contribution >= 0.6 is 0 Å². The molecule has 2 aromatic rings. The molecular formula is C15H14F3NO3S. The van der Waals surface area contributed by atoms with Crippen LogP contribution in [0.15, 0.2) is 47.4 Å². The summed E-state index contributed by atoms with van der Waals surface area (Å²) in [6.45, 7) is 1.35. The molecular weight excluding hydrogens is 331 g/mol. The van der Waals surface area contributed by atoms with Crippen LogP contribution in [0.25, 0.3) is 0 Å². The minimum atomic E-state index is -4.07. The van der Waals surface area contributed by atoms with Crippen molar-refractivity contribution in [3.05, 3.63) is 65.5 Å². The van der Waals surface area contributed by atoms with Gasteiger partial charge in [-0.3, -0.25) is 0 Å². The first-order valence-electron chi connectivity index (χ1n) is 6.61. The molecule has 0 aliphatic rings. The third-order valence-corrected chi connectivity index (χ3v) is 4.76. The Balaban J connectivity index is 2.20. The van der Waals surface area contributed by atoms with Gasteiger partial charge in [0, 0.05) is 6.04 Å². The molecule has 0 spiro atoms. The SMILES string of the molecule is C[C@@H](NS(=O)(=O)c1cccc(F)c1)[C@H](O)c1ccc(F)c(F)c1. The highest BCUT2D eigenvalue weighted by Crippen LogP contribution is 2.21. The van der Waals surface area contributed by atoms with E-state index in [9.17, 15) is 26.7 Å². The Morgan fingerprint density at radius 3 is 2.35 bits per heavy atom. The fourth-order valence-electron chi connectivity index (χ4n) is 2.00. The van der Waals surface area contributed by atoms with E-state index in [-0.39, 0.29) is 10.5 Å². The summed E-state index contributed by atoms with van der Waals surface area (Å²) in [4.78, 5) is -0.304. The standard InChI is InChI=1S/C15H14F3NO3S/c1-9(15(20)10-5-6-13(17)14(18)7-10)19-23(21,22)12-4-2-3-11(16)8-12/h2-9,15,19-20H,1H3/t9-,15+/m1/s1. The summed E-state index contributed by atoms with van der Waals surface area (Å²) in [5.74, 6) is -2.95. The fourth-order valence-corrected chi connectivity index (χ4v) is 3.28. The van der Waals surface area contributed by atoms with Gasteiger partial charge >= 0.3 is 0 Å². The molecule has 0 unspecified atom stereocenters. The van der Waals surface area contributed by atoms with Crippen LogP contribution in [0.1, 0.15) is 18.6 Å². The second kappa shape index (κ2) is 6.69. The lowest BCUT2D eigenvalue weighted by Crippen LogP contribution is -2.37. The van der Waals surface area contributed by atoms with Crippen LogP contribution in [0.2, 0.25) is 0 Å². The molecule has 23 heavy (non-hydrogen) atoms. The highest BCUT2D eigenvalue weighted by molar-refractivity contribution is 7.89. The molecule has 0 saturated carbocycles. The summed E-state index contributed by atoms with van der Waals surface area (Å²) in [7, 11) is -4.07. The van der Waals surface area contributed by atoms with Crippen LogP contribution in [0.5, 0.6) is 0 Å². The Morgan fingerprint density at radius 1 is 1.04 bits per heavy atom. The highest BCUT2D eigenvalue weighted by atomic mass is 32.2. The van der Waals surface area contributed by atoms with E-state index in [4.69, 9.17) is 0 Å². The van der Waals surface area contributed by atoms with Gasteiger partial charge in [0.05, 0.1) is 11.0 Å². The minimum Gasteiger partial charge on any atom is -0.387 e. The lowest BCUT2D eigenvalue weighted by Gasteiger charge is -2.20. The van der Waals surface area contributed by atoms with Crippen LogP contribution in [0.3, 0.4) is 0 Å². The zero-order valence-corrected chi connectivity index (χ0v) is 12.8. The van der Waals surface area contributed by atoms with E-state index in [1.54, 1.807) is 0 Å². The lowest BCUT2D eigenvalue weighted by atomic mass is 10.0. The maximum Gasteiger partial charge on any atom is 0.241 e. The van der Waals surface area contributed by atoms with Crippen molar-refractivity contribution in [1.29, 1.82) is 0 Å². The van der Waals surface area contributed by atoms with Gasteiger partial charge in [0.2, 0.25) is 10.0 Å². The van der Waals surface area contributed by atoms with Gasteiger partial charge in [-0.15, -0.1) is 0 Å². The molecule has 0 heterocycles. The first-order chi connectivity index (χ1) is 10.7. The van der Waals surface area contributed by atoms with E-state index >= 15 is 0 Å². The maximum absolute atomic E-state index is 13.2. The number of rotatable bonds is 5. The molecule has 2 aromatic carbocycles. The Morgan fingerprint density at radius 2 is 1.74 bits per heavy atom. The molecule has 2 N–H and O–H groups in total. The summed E-state index contributed by atoms with van der Waals surface area (Å²) >= 11 is 0. The summed E-state index contributed by atoms with van der Waals surface area (Å²) in [5, 5.41) is 10.1. The molecule has 0 aliphatic carbocycles. The van der Waals surface area contributed by atoms with Crippen molar-refractivity contribution in [3.63, 3.8) is 0 Å². The number of hydrogen-bond donors (Lipinski definition) is 2. The van der Waals surface area contributed by atoms with E-state index in [1.807, 2.05) is 0 Å². The monoisotopic (exact) mass is 345 g/mol. The number of benzene rings is 2. The van der Waals surface area contributed by atoms with Gasteiger partial charge in [-0.1, -0.05) is 12.1 Å². The van der Waals surface area contributed by atoms with Crippen molar-refractivity contribution in [1.82, 2.24) is 4.72 Å². The Bertz CT molecular complexity index is 811. The van der Waals surface area contributed by atoms with Gasteiger partial charge < -0.3 is 5.11 Å². The van der Waals surface area contributed by atoms with Gasteiger partial charge in [0.1, 0.15) is 5.82 Å². The zero-order chi connectivity index (χ0) is 17.2. The number of aliphatic hydroxyl groups is 1. The fraction of sp³-hybridized carbons (Fsp3) is 0.200. The predicted molar refractivity (Wildman–Crippen MR) is 77.5 cm³/mol. The molecule has 0 amide bonds. The third kappa shape index (κ3) is 4.10. The largest absolute Gasteiger partial charge is 0.387 e. The van der Waals surface area contributed by atoms with E-state index in [0.717, 1.165) is 30.3 Å². The highest BCUT2D eigenvalue weighted by Gasteiger charge is 2.24. The minimum absolute atomic E-state index is 0.0124. The van der Waals surface area contributed by atoms with Crippen molar-refractivity contribution >= 4 is 10.0 Å². The van der Waals surface area contributed by atoms with E-state index < -0.39 is 39.6 Å². The van der Waals surface area contributed by atoms with Gasteiger partial charge in [-0.2, -0.15) is 0 Å². The zero-order valence-electron chi connectivity index (χ0n) is 12.0. The van der Waals surface area contributed by atoms with Gasteiger partial charge in [-0.05, 0) is 42.8 Å². The molecule has 0 saturated heterocycles. The van der Waals surface area contributed by atoms with Crippen LogP contribution < -0.4 is 4.72 Å². The van der Waals surface area contributed by atoms with E-state index in [1.165, 1.54) is 19.1 Å². The van der Waals surface area contributed by atoms with Crippen molar-refractivity contribution in [3.8, 4) is 0 Å². The lowest BCUT2D eigenvalue weighted by molar-refractivity contribution is 0.146. The van der Waals surface area contributed by atoms with Crippen molar-refractivity contribution in [2.75, 3.05) is 0 Å². The first kappa shape index (κ1) is 17.5. The van der Waals surface area contributed by atoms with Gasteiger partial charge in [0.15, 0.2) is 11.6 Å². The van der Waals surface area contributed by atoms with Crippen LogP contribution in [0, 0.1) is 17.5 Å². The number of hydrogen-bond acceptors (Lipinski definition) is 3. The molecule has 0 aromatic heterocycles. The molecule has 4 nitrogen and oxygen atoms in total. The average Bonchev–Trinajstić information content (AvgIpc) is 2.49. The number of nitrogens with one attached hydrogen (secondary N) is 1. The number of sulfonamides is 1. The van der Waals surface area contributed by atoms with Crippen LogP contribution in [-0.2, 0) is 10.0 Å². The second-order valence-electron chi connectivity index (χ2n) is 4.99. The van der Waals surface area contributed by atoms with Crippen molar-refractivity contribution < 1.29 is 26.7 Å². The normalized spacial score (nSPS) is 14.5. The molecule has 8 heteroatoms. The molecule has 0 fully saturated rings. The van der Waals surface area contributed by atoms with Gasteiger partial charge in [0.25, 0.3) is 0 Å². The van der Waals surface area contributed by atoms with Gasteiger partial charge in [-0.25, -0.2) is 26.3 Å². The first-order valence-corrected chi connectivity index (χ1v) is 8.10. The number of aliphatic hydroxyl groups excluding tert-OH is 1. The molecule has 0 radical (unpaired) electrons. The summed E-state index contributed by atoms with van der Waals surface area (Å²) in [6.07, 6.45) is -1.41.